The highest BCUT2D eigenvalue weighted by molar-refractivity contribution is 6.18. The van der Waals surface area contributed by atoms with Crippen LogP contribution in [-0.2, 0) is 19.1 Å². The molecule has 8 heteroatoms. The average Bonchev–Trinajstić information content (AvgIpc) is 2.99. The third kappa shape index (κ3) is 3.54. The van der Waals surface area contributed by atoms with Crippen molar-refractivity contribution in [2.24, 2.45) is 0 Å². The number of ether oxygens (including phenoxy) is 2. The molecule has 0 bridgehead atoms. The Morgan fingerprint density at radius 3 is 2.20 bits per heavy atom. The lowest BCUT2D eigenvalue weighted by molar-refractivity contribution is -0.222. The quantitative estimate of drug-likeness (QED) is 0.391. The van der Waals surface area contributed by atoms with E-state index in [1.54, 1.807) is 24.3 Å². The van der Waals surface area contributed by atoms with Crippen molar-refractivity contribution in [3.8, 4) is 11.3 Å². The summed E-state index contributed by atoms with van der Waals surface area (Å²) < 4.78 is 15.6. The zero-order valence-corrected chi connectivity index (χ0v) is 13.4. The molecule has 2 heterocycles. The molecule has 1 aromatic carbocycles. The lowest BCUT2D eigenvalue weighted by Gasteiger charge is -2.29. The van der Waals surface area contributed by atoms with Gasteiger partial charge >= 0.3 is 11.9 Å². The molecule has 0 unspecified atom stereocenters. The monoisotopic (exact) mass is 344 g/mol. The van der Waals surface area contributed by atoms with Gasteiger partial charge in [0.2, 0.25) is 0 Å². The number of hydrogen-bond donors (Lipinski definition) is 1. The molecule has 0 aliphatic carbocycles. The van der Waals surface area contributed by atoms with Crippen molar-refractivity contribution in [3.05, 3.63) is 52.9 Å². The van der Waals surface area contributed by atoms with Crippen LogP contribution in [0.2, 0.25) is 0 Å². The topological polar surface area (TPSA) is 112 Å². The summed E-state index contributed by atoms with van der Waals surface area (Å²) in [6.07, 6.45) is 1.24. The van der Waals surface area contributed by atoms with Crippen LogP contribution in [0, 0.1) is 5.21 Å². The minimum Gasteiger partial charge on any atom is -0.733 e. The van der Waals surface area contributed by atoms with E-state index in [1.807, 2.05) is 0 Å². The van der Waals surface area contributed by atoms with E-state index in [0.29, 0.717) is 11.3 Å². The van der Waals surface area contributed by atoms with Crippen molar-refractivity contribution in [2.75, 3.05) is 5.23 Å². The van der Waals surface area contributed by atoms with Crippen molar-refractivity contribution in [3.63, 3.8) is 0 Å². The van der Waals surface area contributed by atoms with Crippen LogP contribution in [-0.4, -0.2) is 22.9 Å². The minimum absolute atomic E-state index is 0.0768. The van der Waals surface area contributed by atoms with Gasteiger partial charge in [0, 0.05) is 25.5 Å². The van der Waals surface area contributed by atoms with Gasteiger partial charge in [0.15, 0.2) is 0 Å². The molecule has 1 N–H and O–H groups in total. The van der Waals surface area contributed by atoms with E-state index in [-0.39, 0.29) is 22.2 Å². The fraction of sp³-hybridized carbons (Fsp3) is 0.176. The molecule has 3 rings (SSSR count). The number of cyclic esters (lactones) is 2. The Morgan fingerprint density at radius 2 is 1.64 bits per heavy atom. The number of carbonyl (C=O) groups excluding carboxylic acids is 2. The number of furan rings is 1. The summed E-state index contributed by atoms with van der Waals surface area (Å²) >= 11 is 0. The molecule has 1 fully saturated rings. The first-order chi connectivity index (χ1) is 11.7. The fourth-order valence-electron chi connectivity index (χ4n) is 2.26. The van der Waals surface area contributed by atoms with Crippen molar-refractivity contribution in [2.45, 2.75) is 19.6 Å². The van der Waals surface area contributed by atoms with Gasteiger partial charge in [-0.3, -0.25) is 5.21 Å². The van der Waals surface area contributed by atoms with E-state index in [4.69, 9.17) is 19.1 Å². The summed E-state index contributed by atoms with van der Waals surface area (Å²) in [5.41, 5.74) is 0.455. The van der Waals surface area contributed by atoms with Gasteiger partial charge in [-0.25, -0.2) is 9.59 Å². The van der Waals surface area contributed by atoms with Gasteiger partial charge in [0.05, 0.1) is 5.69 Å². The molecule has 0 atom stereocenters. The molecule has 0 saturated carbocycles. The standard InChI is InChI=1S/C17H14NO7/c1-17(2)24-15(19)13(16(20)25-17)9-12-7-8-14(23-12)10-3-5-11(6-4-10)18(21)22/h3-9,21H,1-2H3/q-1. The lowest BCUT2D eigenvalue weighted by atomic mass is 10.1. The Bertz CT molecular complexity index is 824. The lowest BCUT2D eigenvalue weighted by Crippen LogP contribution is -2.41. The zero-order valence-electron chi connectivity index (χ0n) is 13.4. The number of benzene rings is 1. The predicted octanol–water partition coefficient (Wildman–Crippen LogP) is 2.86. The maximum atomic E-state index is 11.9. The number of anilines is 1. The molecular formula is C17H14NO7-. The number of carbonyl (C=O) groups is 2. The first kappa shape index (κ1) is 16.7. The van der Waals surface area contributed by atoms with Gasteiger partial charge in [-0.2, -0.15) is 0 Å². The predicted molar refractivity (Wildman–Crippen MR) is 86.0 cm³/mol. The minimum atomic E-state index is -1.30. The first-order valence-corrected chi connectivity index (χ1v) is 7.30. The van der Waals surface area contributed by atoms with Crippen molar-refractivity contribution in [1.29, 1.82) is 0 Å². The van der Waals surface area contributed by atoms with Gasteiger partial charge in [-0.15, -0.1) is 0 Å². The number of hydrogen-bond acceptors (Lipinski definition) is 8. The molecule has 25 heavy (non-hydrogen) atoms. The maximum Gasteiger partial charge on any atom is 0.348 e. The Kier molecular flexibility index (Phi) is 4.07. The van der Waals surface area contributed by atoms with Crippen LogP contribution in [0.15, 0.2) is 46.4 Å². The summed E-state index contributed by atoms with van der Waals surface area (Å²) in [5.74, 6) is -2.17. The Morgan fingerprint density at radius 1 is 1.04 bits per heavy atom. The number of esters is 2. The average molecular weight is 344 g/mol. The van der Waals surface area contributed by atoms with E-state index < -0.39 is 17.7 Å². The van der Waals surface area contributed by atoms with Gasteiger partial charge in [0.25, 0.3) is 5.79 Å². The molecule has 0 radical (unpaired) electrons. The molecular weight excluding hydrogens is 330 g/mol. The van der Waals surface area contributed by atoms with Crippen molar-refractivity contribution >= 4 is 23.7 Å². The second-order valence-corrected chi connectivity index (χ2v) is 5.76. The highest BCUT2D eigenvalue weighted by atomic mass is 16.8. The molecule has 0 spiro atoms. The molecule has 0 amide bonds. The summed E-state index contributed by atoms with van der Waals surface area (Å²) in [4.78, 5) is 23.8. The summed E-state index contributed by atoms with van der Waals surface area (Å²) in [7, 11) is 0. The molecule has 130 valence electrons. The second-order valence-electron chi connectivity index (χ2n) is 5.76. The number of rotatable bonds is 3. The fourth-order valence-corrected chi connectivity index (χ4v) is 2.26. The van der Waals surface area contributed by atoms with Crippen LogP contribution in [0.3, 0.4) is 0 Å². The van der Waals surface area contributed by atoms with E-state index in [2.05, 4.69) is 0 Å². The van der Waals surface area contributed by atoms with Crippen LogP contribution in [0.1, 0.15) is 19.6 Å². The number of nitrogens with zero attached hydrogens (tertiary/aromatic N) is 1. The SMILES string of the molecule is CC1(C)OC(=O)C(=Cc2ccc(-c3ccc(N([O-])O)cc3)o2)C(=O)O1. The van der Waals surface area contributed by atoms with E-state index in [1.165, 1.54) is 32.1 Å². The van der Waals surface area contributed by atoms with Crippen molar-refractivity contribution < 1.29 is 28.7 Å². The van der Waals surface area contributed by atoms with Crippen LogP contribution in [0.25, 0.3) is 17.4 Å². The second kappa shape index (κ2) is 6.08. The Labute approximate surface area is 142 Å². The van der Waals surface area contributed by atoms with E-state index >= 15 is 0 Å². The van der Waals surface area contributed by atoms with E-state index in [0.717, 1.165) is 0 Å². The molecule has 1 aliphatic rings. The third-order valence-electron chi connectivity index (χ3n) is 3.40. The highest BCUT2D eigenvalue weighted by Gasteiger charge is 2.39. The van der Waals surface area contributed by atoms with Gasteiger partial charge in [-0.05, 0) is 36.4 Å². The van der Waals surface area contributed by atoms with Gasteiger partial charge < -0.3 is 24.3 Å². The summed E-state index contributed by atoms with van der Waals surface area (Å²) in [6.45, 7) is 2.92. The third-order valence-corrected chi connectivity index (χ3v) is 3.40. The van der Waals surface area contributed by atoms with Crippen LogP contribution < -0.4 is 5.23 Å². The molecule has 2 aromatic rings. The van der Waals surface area contributed by atoms with Crippen molar-refractivity contribution in [1.82, 2.24) is 0 Å². The first-order valence-electron chi connectivity index (χ1n) is 7.30. The largest absolute Gasteiger partial charge is 0.733 e. The maximum absolute atomic E-state index is 11.9. The normalized spacial score (nSPS) is 16.2. The Balaban J connectivity index is 1.84. The molecule has 8 nitrogen and oxygen atoms in total. The summed E-state index contributed by atoms with van der Waals surface area (Å²) in [6, 6.07) is 9.21. The molecule has 1 aliphatic heterocycles. The van der Waals surface area contributed by atoms with Gasteiger partial charge in [0.1, 0.15) is 17.1 Å². The van der Waals surface area contributed by atoms with Crippen LogP contribution in [0.4, 0.5) is 5.69 Å². The Hall–Kier alpha value is -3.10. The highest BCUT2D eigenvalue weighted by Crippen LogP contribution is 2.28. The smallest absolute Gasteiger partial charge is 0.348 e. The van der Waals surface area contributed by atoms with Crippen LogP contribution >= 0.6 is 0 Å². The van der Waals surface area contributed by atoms with Crippen LogP contribution in [0.5, 0.6) is 0 Å². The zero-order chi connectivity index (χ0) is 18.2. The molecule has 1 saturated heterocycles. The van der Waals surface area contributed by atoms with E-state index in [9.17, 15) is 14.8 Å². The summed E-state index contributed by atoms with van der Waals surface area (Å²) in [5, 5.41) is 19.4. The molecule has 1 aromatic heterocycles. The van der Waals surface area contributed by atoms with Gasteiger partial charge in [-0.1, -0.05) is 0 Å².